The van der Waals surface area contributed by atoms with Crippen molar-refractivity contribution in [2.45, 2.75) is 6.92 Å². The fourth-order valence-corrected chi connectivity index (χ4v) is 3.10. The first-order valence-electron chi connectivity index (χ1n) is 8.48. The van der Waals surface area contributed by atoms with E-state index in [0.717, 1.165) is 40.8 Å². The molecule has 2 heterocycles. The number of ether oxygens (including phenoxy) is 1. The molecule has 4 rings (SSSR count). The number of fused-ring (bicyclic) bond motifs is 1. The quantitative estimate of drug-likeness (QED) is 0.532. The zero-order valence-corrected chi connectivity index (χ0v) is 14.4. The molecule has 1 aromatic heterocycles. The summed E-state index contributed by atoms with van der Waals surface area (Å²) in [4.78, 5) is 22.2. The molecule has 1 saturated heterocycles. The number of aryl methyl sites for hydroxylation is 1. The van der Waals surface area contributed by atoms with Crippen LogP contribution in [0.25, 0.3) is 22.2 Å². The van der Waals surface area contributed by atoms with E-state index in [1.807, 2.05) is 19.1 Å². The topological polar surface area (TPSA) is 81.4 Å². The number of non-ortho nitro benzene ring substituents is 1. The van der Waals surface area contributed by atoms with Gasteiger partial charge >= 0.3 is 0 Å². The van der Waals surface area contributed by atoms with E-state index < -0.39 is 4.92 Å². The molecule has 2 aromatic carbocycles. The van der Waals surface area contributed by atoms with E-state index in [1.54, 1.807) is 12.1 Å². The molecule has 0 amide bonds. The Hall–Kier alpha value is -3.06. The molecule has 132 valence electrons. The Kier molecular flexibility index (Phi) is 4.22. The lowest BCUT2D eigenvalue weighted by atomic mass is 10.0. The molecule has 0 saturated carbocycles. The second-order valence-electron chi connectivity index (χ2n) is 6.30. The number of nitrogens with zero attached hydrogens (tertiary/aromatic N) is 4. The van der Waals surface area contributed by atoms with Crippen molar-refractivity contribution >= 4 is 22.5 Å². The lowest BCUT2D eigenvalue weighted by Gasteiger charge is -2.27. The molecule has 0 radical (unpaired) electrons. The van der Waals surface area contributed by atoms with Gasteiger partial charge in [0.25, 0.3) is 5.69 Å². The third-order valence-corrected chi connectivity index (χ3v) is 4.48. The Morgan fingerprint density at radius 3 is 2.50 bits per heavy atom. The predicted molar refractivity (Wildman–Crippen MR) is 99.4 cm³/mol. The summed E-state index contributed by atoms with van der Waals surface area (Å²) < 4.78 is 5.41. The molecule has 0 unspecified atom stereocenters. The number of morpholine rings is 1. The van der Waals surface area contributed by atoms with Crippen LogP contribution in [0.15, 0.2) is 42.5 Å². The van der Waals surface area contributed by atoms with Crippen molar-refractivity contribution in [2.75, 3.05) is 31.2 Å². The lowest BCUT2D eigenvalue weighted by molar-refractivity contribution is -0.384. The maximum absolute atomic E-state index is 10.9. The molecular formula is C19H18N4O3. The first-order valence-corrected chi connectivity index (χ1v) is 8.48. The van der Waals surface area contributed by atoms with Gasteiger partial charge in [0.15, 0.2) is 0 Å². The number of nitro groups is 1. The van der Waals surface area contributed by atoms with Crippen LogP contribution in [0.5, 0.6) is 0 Å². The number of hydrogen-bond acceptors (Lipinski definition) is 6. The molecule has 1 aliphatic heterocycles. The normalized spacial score (nSPS) is 14.6. The van der Waals surface area contributed by atoms with Gasteiger partial charge in [-0.2, -0.15) is 0 Å². The fourth-order valence-electron chi connectivity index (χ4n) is 3.10. The average Bonchev–Trinajstić information content (AvgIpc) is 2.68. The van der Waals surface area contributed by atoms with E-state index in [1.165, 1.54) is 12.1 Å². The van der Waals surface area contributed by atoms with Crippen LogP contribution >= 0.6 is 0 Å². The first kappa shape index (κ1) is 16.4. The van der Waals surface area contributed by atoms with Gasteiger partial charge in [-0.25, -0.2) is 9.97 Å². The summed E-state index contributed by atoms with van der Waals surface area (Å²) in [6.45, 7) is 4.83. The van der Waals surface area contributed by atoms with E-state index in [9.17, 15) is 10.1 Å². The van der Waals surface area contributed by atoms with E-state index in [4.69, 9.17) is 14.7 Å². The third kappa shape index (κ3) is 3.09. The summed E-state index contributed by atoms with van der Waals surface area (Å²) in [6, 6.07) is 12.6. The van der Waals surface area contributed by atoms with Crippen molar-refractivity contribution in [3.63, 3.8) is 0 Å². The molecule has 0 atom stereocenters. The molecule has 0 aliphatic carbocycles. The highest BCUT2D eigenvalue weighted by atomic mass is 16.6. The van der Waals surface area contributed by atoms with E-state index in [-0.39, 0.29) is 5.69 Å². The summed E-state index contributed by atoms with van der Waals surface area (Å²) in [5.41, 5.74) is 3.67. The average molecular weight is 350 g/mol. The Balaban J connectivity index is 1.87. The maximum atomic E-state index is 10.9. The van der Waals surface area contributed by atoms with Gasteiger partial charge in [-0.05, 0) is 31.2 Å². The number of anilines is 1. The Labute approximate surface area is 150 Å². The second kappa shape index (κ2) is 6.68. The number of nitro benzene ring substituents is 1. The van der Waals surface area contributed by atoms with Crippen LogP contribution in [0.1, 0.15) is 5.56 Å². The van der Waals surface area contributed by atoms with E-state index >= 15 is 0 Å². The smallest absolute Gasteiger partial charge is 0.269 e. The molecule has 0 N–H and O–H groups in total. The highest BCUT2D eigenvalue weighted by Crippen LogP contribution is 2.30. The minimum absolute atomic E-state index is 0.0664. The Morgan fingerprint density at radius 2 is 1.81 bits per heavy atom. The highest BCUT2D eigenvalue weighted by Gasteiger charge is 2.18. The minimum atomic E-state index is -0.398. The van der Waals surface area contributed by atoms with Crippen molar-refractivity contribution in [1.29, 1.82) is 0 Å². The molecule has 1 fully saturated rings. The lowest BCUT2D eigenvalue weighted by Crippen LogP contribution is -2.37. The molecule has 1 aliphatic rings. The van der Waals surface area contributed by atoms with Crippen molar-refractivity contribution in [3.8, 4) is 11.3 Å². The Bertz CT molecular complexity index is 966. The molecule has 0 spiro atoms. The van der Waals surface area contributed by atoms with Crippen LogP contribution in [0.3, 0.4) is 0 Å². The van der Waals surface area contributed by atoms with Crippen LogP contribution in [-0.4, -0.2) is 41.2 Å². The number of benzene rings is 2. The number of rotatable bonds is 3. The van der Waals surface area contributed by atoms with Gasteiger partial charge in [0.2, 0.25) is 5.95 Å². The highest BCUT2D eigenvalue weighted by molar-refractivity contribution is 5.93. The molecule has 26 heavy (non-hydrogen) atoms. The van der Waals surface area contributed by atoms with Crippen molar-refractivity contribution < 1.29 is 9.66 Å². The fraction of sp³-hybridized carbons (Fsp3) is 0.263. The molecule has 0 bridgehead atoms. The zero-order valence-electron chi connectivity index (χ0n) is 14.4. The van der Waals surface area contributed by atoms with Crippen molar-refractivity contribution in [2.24, 2.45) is 0 Å². The van der Waals surface area contributed by atoms with E-state index in [0.29, 0.717) is 19.2 Å². The molecule has 3 aromatic rings. The van der Waals surface area contributed by atoms with Crippen LogP contribution in [0.2, 0.25) is 0 Å². The summed E-state index contributed by atoms with van der Waals surface area (Å²) in [6.07, 6.45) is 0. The first-order chi connectivity index (χ1) is 12.6. The summed E-state index contributed by atoms with van der Waals surface area (Å²) in [5.74, 6) is 0.665. The van der Waals surface area contributed by atoms with Crippen molar-refractivity contribution in [1.82, 2.24) is 9.97 Å². The number of aromatic nitrogens is 2. The van der Waals surface area contributed by atoms with E-state index in [2.05, 4.69) is 11.0 Å². The second-order valence-corrected chi connectivity index (χ2v) is 6.30. The van der Waals surface area contributed by atoms with Crippen LogP contribution < -0.4 is 4.90 Å². The Morgan fingerprint density at radius 1 is 1.08 bits per heavy atom. The van der Waals surface area contributed by atoms with Crippen molar-refractivity contribution in [3.05, 3.63) is 58.1 Å². The van der Waals surface area contributed by atoms with Crippen LogP contribution in [0.4, 0.5) is 11.6 Å². The molecule has 7 heteroatoms. The molecular weight excluding hydrogens is 332 g/mol. The predicted octanol–water partition coefficient (Wildman–Crippen LogP) is 3.35. The van der Waals surface area contributed by atoms with Crippen LogP contribution in [0, 0.1) is 17.0 Å². The number of hydrogen-bond donors (Lipinski definition) is 0. The van der Waals surface area contributed by atoms with Gasteiger partial charge in [-0.3, -0.25) is 10.1 Å². The van der Waals surface area contributed by atoms with Gasteiger partial charge in [0.1, 0.15) is 0 Å². The molecule has 7 nitrogen and oxygen atoms in total. The largest absolute Gasteiger partial charge is 0.378 e. The van der Waals surface area contributed by atoms with Gasteiger partial charge < -0.3 is 9.64 Å². The SMILES string of the molecule is Cc1ccc2nc(N3CCOCC3)nc(-c3ccc([N+](=O)[O-])cc3)c2c1. The van der Waals surface area contributed by atoms with Crippen LogP contribution in [-0.2, 0) is 4.74 Å². The van der Waals surface area contributed by atoms with Gasteiger partial charge in [0.05, 0.1) is 29.3 Å². The summed E-state index contributed by atoms with van der Waals surface area (Å²) >= 11 is 0. The summed E-state index contributed by atoms with van der Waals surface area (Å²) in [7, 11) is 0. The zero-order chi connectivity index (χ0) is 18.1. The van der Waals surface area contributed by atoms with Gasteiger partial charge in [-0.15, -0.1) is 0 Å². The summed E-state index contributed by atoms with van der Waals surface area (Å²) in [5, 5.41) is 11.9. The van der Waals surface area contributed by atoms with Gasteiger partial charge in [-0.1, -0.05) is 11.6 Å². The monoisotopic (exact) mass is 350 g/mol. The third-order valence-electron chi connectivity index (χ3n) is 4.48. The maximum Gasteiger partial charge on any atom is 0.269 e. The minimum Gasteiger partial charge on any atom is -0.378 e. The van der Waals surface area contributed by atoms with Gasteiger partial charge in [0, 0.05) is 36.2 Å². The standard InChI is InChI=1S/C19H18N4O3/c1-13-2-7-17-16(12-13)18(14-3-5-15(6-4-14)23(24)25)21-19(20-17)22-8-10-26-11-9-22/h2-7,12H,8-11H2,1H3.